The zero-order valence-electron chi connectivity index (χ0n) is 28.9. The first-order chi connectivity index (χ1) is 24.8. The number of anilines is 2. The lowest BCUT2D eigenvalue weighted by molar-refractivity contribution is -0.191. The van der Waals surface area contributed by atoms with E-state index in [1.54, 1.807) is 27.7 Å². The molecule has 3 aromatic carbocycles. The van der Waals surface area contributed by atoms with Crippen molar-refractivity contribution in [1.29, 1.82) is 0 Å². The number of hydrogen-bond acceptors (Lipinski definition) is 10. The smallest absolute Gasteiger partial charge is 0.350 e. The second kappa shape index (κ2) is 15.0. The molecule has 15 heteroatoms. The van der Waals surface area contributed by atoms with Crippen LogP contribution < -0.4 is 20.2 Å². The van der Waals surface area contributed by atoms with Gasteiger partial charge in [-0.3, -0.25) is 0 Å². The van der Waals surface area contributed by atoms with Crippen molar-refractivity contribution in [3.63, 3.8) is 0 Å². The fraction of sp³-hybridized carbons (Fsp3) is 0.417. The maximum absolute atomic E-state index is 12.8. The summed E-state index contributed by atoms with van der Waals surface area (Å²) in [6.07, 6.45) is 2.74. The van der Waals surface area contributed by atoms with Crippen LogP contribution >= 0.6 is 23.2 Å². The lowest BCUT2D eigenvalue weighted by Gasteiger charge is -2.37. The minimum Gasteiger partial charge on any atom is -0.491 e. The number of ether oxygens (including phenoxy) is 3. The van der Waals surface area contributed by atoms with E-state index < -0.39 is 5.79 Å². The molecule has 13 nitrogen and oxygen atoms in total. The molecule has 2 saturated heterocycles. The third kappa shape index (κ3) is 7.34. The van der Waals surface area contributed by atoms with Crippen LogP contribution in [0.3, 0.4) is 0 Å². The Hall–Kier alpha value is -4.43. The summed E-state index contributed by atoms with van der Waals surface area (Å²) in [5.74, 6) is 0.244. The molecule has 2 fully saturated rings. The molecule has 2 aliphatic heterocycles. The molecule has 2 aliphatic rings. The number of aryl methyl sites for hydroxylation is 1. The summed E-state index contributed by atoms with van der Waals surface area (Å²) < 4.78 is 23.9. The second-order valence-electron chi connectivity index (χ2n) is 12.8. The summed E-state index contributed by atoms with van der Waals surface area (Å²) in [7, 11) is 0. The highest BCUT2D eigenvalue weighted by Gasteiger charge is 2.46. The minimum atomic E-state index is -1.21. The summed E-state index contributed by atoms with van der Waals surface area (Å²) >= 11 is 12.8. The van der Waals surface area contributed by atoms with Crippen LogP contribution in [0.5, 0.6) is 5.75 Å². The highest BCUT2D eigenvalue weighted by molar-refractivity contribution is 6.35. The van der Waals surface area contributed by atoms with E-state index in [9.17, 15) is 4.79 Å². The average Bonchev–Trinajstić information content (AvgIpc) is 3.89. The molecule has 5 aromatic rings. The number of nitrogens with zero attached hydrogens (tertiary/aromatic N) is 9. The van der Waals surface area contributed by atoms with E-state index >= 15 is 0 Å². The standard InChI is InChI=1S/C36H41Cl2N9O4/c1-4-25(3)47-35(48)45(24-39-47)29-9-7-27(8-10-29)43-16-18-44(19-17-43)28-11-13-30(14-12-28)49-21-31-22-50-36(51-31,23-46-34(5-2)40-41-42-46)32-15-6-26(37)20-33(32)38/h6-15,20,24-25,31H,4-5,16-19,21-23H2,1-3H3/t25-,31-,36-/m1/s1. The van der Waals surface area contributed by atoms with Crippen molar-refractivity contribution in [3.05, 3.63) is 105 Å². The quantitative estimate of drug-likeness (QED) is 0.162. The molecule has 51 heavy (non-hydrogen) atoms. The van der Waals surface area contributed by atoms with Crippen LogP contribution in [0.25, 0.3) is 5.69 Å². The van der Waals surface area contributed by atoms with Crippen molar-refractivity contribution >= 4 is 34.6 Å². The van der Waals surface area contributed by atoms with E-state index in [1.165, 1.54) is 4.68 Å². The number of tetrazole rings is 1. The Labute approximate surface area is 306 Å². The van der Waals surface area contributed by atoms with Gasteiger partial charge in [-0.05, 0) is 84.4 Å². The lowest BCUT2D eigenvalue weighted by Crippen LogP contribution is -2.46. The van der Waals surface area contributed by atoms with E-state index in [0.29, 0.717) is 34.5 Å². The number of piperazine rings is 1. The summed E-state index contributed by atoms with van der Waals surface area (Å²) in [5.41, 5.74) is 3.62. The SMILES string of the molecule is CCc1nnnn1C[C@@]1(c2ccc(Cl)cc2Cl)OC[C@@H](COc2ccc(N3CCN(c4ccc(-n5cnn([C@H](C)CC)c5=O)cc4)CC3)cc2)O1. The van der Waals surface area contributed by atoms with E-state index in [1.807, 2.05) is 51.1 Å². The molecule has 7 rings (SSSR count). The summed E-state index contributed by atoms with van der Waals surface area (Å²) in [4.78, 5) is 17.6. The van der Waals surface area contributed by atoms with Gasteiger partial charge in [-0.1, -0.05) is 43.1 Å². The molecule has 268 valence electrons. The summed E-state index contributed by atoms with van der Waals surface area (Å²) in [6.45, 7) is 10.4. The fourth-order valence-corrected chi connectivity index (χ4v) is 7.06. The van der Waals surface area contributed by atoms with Crippen molar-refractivity contribution < 1.29 is 14.2 Å². The van der Waals surface area contributed by atoms with Crippen LogP contribution in [0.4, 0.5) is 11.4 Å². The Morgan fingerprint density at radius 2 is 1.61 bits per heavy atom. The van der Waals surface area contributed by atoms with Crippen molar-refractivity contribution in [3.8, 4) is 11.4 Å². The van der Waals surface area contributed by atoms with E-state index in [4.69, 9.17) is 37.4 Å². The van der Waals surface area contributed by atoms with Gasteiger partial charge in [0.2, 0.25) is 5.79 Å². The molecule has 0 spiro atoms. The monoisotopic (exact) mass is 733 g/mol. The van der Waals surface area contributed by atoms with Crippen LogP contribution in [0.1, 0.15) is 44.6 Å². The fourth-order valence-electron chi connectivity index (χ4n) is 6.51. The average molecular weight is 735 g/mol. The number of benzene rings is 3. The largest absolute Gasteiger partial charge is 0.491 e. The predicted octanol–water partition coefficient (Wildman–Crippen LogP) is 5.53. The Morgan fingerprint density at radius 3 is 2.25 bits per heavy atom. The minimum absolute atomic E-state index is 0.0622. The maximum Gasteiger partial charge on any atom is 0.350 e. The van der Waals surface area contributed by atoms with Gasteiger partial charge in [-0.25, -0.2) is 18.7 Å². The van der Waals surface area contributed by atoms with Gasteiger partial charge in [0, 0.05) is 54.6 Å². The zero-order valence-corrected chi connectivity index (χ0v) is 30.4. The molecule has 0 saturated carbocycles. The molecule has 0 unspecified atom stereocenters. The number of aromatic nitrogens is 7. The van der Waals surface area contributed by atoms with Crippen molar-refractivity contribution in [1.82, 2.24) is 34.6 Å². The number of rotatable bonds is 12. The molecule has 3 atom stereocenters. The summed E-state index contributed by atoms with van der Waals surface area (Å²) in [5, 5.41) is 17.3. The van der Waals surface area contributed by atoms with Gasteiger partial charge in [0.05, 0.1) is 23.4 Å². The molecule has 0 N–H and O–H groups in total. The molecule has 0 amide bonds. The van der Waals surface area contributed by atoms with Gasteiger partial charge in [0.1, 0.15) is 31.3 Å². The highest BCUT2D eigenvalue weighted by Crippen LogP contribution is 2.40. The van der Waals surface area contributed by atoms with Crippen LogP contribution in [0.2, 0.25) is 10.0 Å². The van der Waals surface area contributed by atoms with Crippen LogP contribution in [0.15, 0.2) is 77.9 Å². The third-order valence-electron chi connectivity index (χ3n) is 9.59. The van der Waals surface area contributed by atoms with Crippen LogP contribution in [0, 0.1) is 0 Å². The third-order valence-corrected chi connectivity index (χ3v) is 10.1. The van der Waals surface area contributed by atoms with Gasteiger partial charge in [-0.15, -0.1) is 5.10 Å². The van der Waals surface area contributed by atoms with Crippen LogP contribution in [-0.2, 0) is 28.2 Å². The molecule has 0 bridgehead atoms. The molecular formula is C36H41Cl2N9O4. The van der Waals surface area contributed by atoms with E-state index in [0.717, 1.165) is 55.4 Å². The van der Waals surface area contributed by atoms with E-state index in [2.05, 4.69) is 54.7 Å². The van der Waals surface area contributed by atoms with Gasteiger partial charge in [0.15, 0.2) is 5.82 Å². The number of halogens is 2. The van der Waals surface area contributed by atoms with Gasteiger partial charge in [-0.2, -0.15) is 5.10 Å². The molecule has 2 aromatic heterocycles. The second-order valence-corrected chi connectivity index (χ2v) is 13.7. The Kier molecular flexibility index (Phi) is 10.3. The van der Waals surface area contributed by atoms with Crippen LogP contribution in [-0.4, -0.2) is 80.1 Å². The topological polar surface area (TPSA) is 118 Å². The first kappa shape index (κ1) is 35.0. The molecule has 0 aliphatic carbocycles. The van der Waals surface area contributed by atoms with Crippen molar-refractivity contribution in [2.75, 3.05) is 49.2 Å². The first-order valence-corrected chi connectivity index (χ1v) is 18.0. The molecule has 4 heterocycles. The lowest BCUT2D eigenvalue weighted by atomic mass is 10.1. The molecular weight excluding hydrogens is 693 g/mol. The number of hydrogen-bond donors (Lipinski definition) is 0. The summed E-state index contributed by atoms with van der Waals surface area (Å²) in [6, 6.07) is 21.6. The van der Waals surface area contributed by atoms with Gasteiger partial charge < -0.3 is 24.0 Å². The van der Waals surface area contributed by atoms with E-state index in [-0.39, 0.29) is 31.0 Å². The normalized spacial score (nSPS) is 19.8. The van der Waals surface area contributed by atoms with Crippen molar-refractivity contribution in [2.45, 2.75) is 58.1 Å². The predicted molar refractivity (Wildman–Crippen MR) is 195 cm³/mol. The Morgan fingerprint density at radius 1 is 0.941 bits per heavy atom. The zero-order chi connectivity index (χ0) is 35.5. The first-order valence-electron chi connectivity index (χ1n) is 17.3. The highest BCUT2D eigenvalue weighted by atomic mass is 35.5. The Balaban J connectivity index is 0.936. The van der Waals surface area contributed by atoms with Crippen molar-refractivity contribution in [2.24, 2.45) is 0 Å². The van der Waals surface area contributed by atoms with Gasteiger partial charge in [0.25, 0.3) is 0 Å². The Bertz CT molecular complexity index is 1990. The molecule has 0 radical (unpaired) electrons. The van der Waals surface area contributed by atoms with Gasteiger partial charge >= 0.3 is 5.69 Å². The maximum atomic E-state index is 12.8.